The van der Waals surface area contributed by atoms with Crippen molar-refractivity contribution in [3.63, 3.8) is 0 Å². The summed E-state index contributed by atoms with van der Waals surface area (Å²) in [4.78, 5) is 18.7. The number of nitrogens with one attached hydrogen (secondary N) is 1. The van der Waals surface area contributed by atoms with E-state index < -0.39 is 0 Å². The Kier molecular flexibility index (Phi) is 4.49. The third-order valence-electron chi connectivity index (χ3n) is 3.94. The fourth-order valence-corrected chi connectivity index (χ4v) is 3.51. The summed E-state index contributed by atoms with van der Waals surface area (Å²) in [5, 5.41) is 5.48. The van der Waals surface area contributed by atoms with Crippen molar-refractivity contribution in [3.05, 3.63) is 41.2 Å². The van der Waals surface area contributed by atoms with Crippen molar-refractivity contribution >= 4 is 17.2 Å². The van der Waals surface area contributed by atoms with Crippen LogP contribution in [0.3, 0.4) is 0 Å². The van der Waals surface area contributed by atoms with Crippen molar-refractivity contribution in [2.75, 3.05) is 20.1 Å². The second-order valence-electron chi connectivity index (χ2n) is 5.40. The molecule has 4 nitrogen and oxygen atoms in total. The Bertz CT molecular complexity index is 673. The van der Waals surface area contributed by atoms with Gasteiger partial charge in [0.1, 0.15) is 16.5 Å². The fourth-order valence-electron chi connectivity index (χ4n) is 2.69. The van der Waals surface area contributed by atoms with Gasteiger partial charge in [-0.3, -0.25) is 4.79 Å². The number of amides is 1. The van der Waals surface area contributed by atoms with Crippen LogP contribution < -0.4 is 5.32 Å². The third-order valence-corrected chi connectivity index (χ3v) is 4.82. The minimum absolute atomic E-state index is 0.0706. The van der Waals surface area contributed by atoms with Gasteiger partial charge in [-0.15, -0.1) is 11.3 Å². The van der Waals surface area contributed by atoms with Gasteiger partial charge in [-0.1, -0.05) is 12.1 Å². The van der Waals surface area contributed by atoms with Crippen LogP contribution in [0, 0.1) is 5.82 Å². The average molecular weight is 319 g/mol. The largest absolute Gasteiger partial charge is 0.336 e. The van der Waals surface area contributed by atoms with Crippen LogP contribution >= 0.6 is 11.3 Å². The monoisotopic (exact) mass is 319 g/mol. The predicted molar refractivity (Wildman–Crippen MR) is 85.5 cm³/mol. The van der Waals surface area contributed by atoms with Crippen LogP contribution in [0.1, 0.15) is 23.3 Å². The number of thiazole rings is 1. The van der Waals surface area contributed by atoms with E-state index in [4.69, 9.17) is 0 Å². The molecule has 1 amide bonds. The molecule has 1 N–H and O–H groups in total. The quantitative estimate of drug-likeness (QED) is 0.946. The molecule has 0 aliphatic carbocycles. The van der Waals surface area contributed by atoms with E-state index in [1.807, 2.05) is 11.9 Å². The first-order chi connectivity index (χ1) is 10.7. The van der Waals surface area contributed by atoms with E-state index in [9.17, 15) is 9.18 Å². The highest BCUT2D eigenvalue weighted by molar-refractivity contribution is 7.13. The summed E-state index contributed by atoms with van der Waals surface area (Å²) in [7, 11) is 1.91. The van der Waals surface area contributed by atoms with Crippen molar-refractivity contribution in [3.8, 4) is 10.6 Å². The molecule has 0 bridgehead atoms. The van der Waals surface area contributed by atoms with Crippen molar-refractivity contribution < 1.29 is 9.18 Å². The average Bonchev–Trinajstić information content (AvgIpc) is 3.04. The molecule has 1 fully saturated rings. The van der Waals surface area contributed by atoms with E-state index >= 15 is 0 Å². The van der Waals surface area contributed by atoms with Gasteiger partial charge in [0.15, 0.2) is 0 Å². The number of aromatic nitrogens is 1. The van der Waals surface area contributed by atoms with Gasteiger partial charge in [-0.2, -0.15) is 0 Å². The van der Waals surface area contributed by atoms with Crippen LogP contribution in [-0.4, -0.2) is 42.0 Å². The van der Waals surface area contributed by atoms with Crippen molar-refractivity contribution in [1.29, 1.82) is 0 Å². The molecule has 2 aromatic rings. The van der Waals surface area contributed by atoms with Crippen LogP contribution in [-0.2, 0) is 0 Å². The number of likely N-dealkylation sites (tertiary alicyclic amines) is 1. The summed E-state index contributed by atoms with van der Waals surface area (Å²) in [5.74, 6) is -0.386. The number of rotatable bonds is 3. The van der Waals surface area contributed by atoms with Gasteiger partial charge in [-0.05, 0) is 32.0 Å². The molecule has 1 atom stereocenters. The summed E-state index contributed by atoms with van der Waals surface area (Å²) in [6.45, 7) is 1.45. The van der Waals surface area contributed by atoms with Crippen molar-refractivity contribution in [2.45, 2.75) is 18.9 Å². The minimum Gasteiger partial charge on any atom is -0.336 e. The molecule has 0 unspecified atom stereocenters. The molecule has 1 aliphatic rings. The second kappa shape index (κ2) is 6.54. The SMILES string of the molecule is CN[C@H]1CCCN(C(=O)c2csc(-c3ccccc3F)n2)C1. The zero-order chi connectivity index (χ0) is 15.5. The molecular formula is C16H18FN3OS. The Hall–Kier alpha value is -1.79. The first-order valence-electron chi connectivity index (χ1n) is 7.36. The first-order valence-corrected chi connectivity index (χ1v) is 8.24. The highest BCUT2D eigenvalue weighted by atomic mass is 32.1. The van der Waals surface area contributed by atoms with Gasteiger partial charge >= 0.3 is 0 Å². The first kappa shape index (κ1) is 15.1. The third kappa shape index (κ3) is 3.03. The molecule has 1 aromatic heterocycles. The molecule has 1 saturated heterocycles. The smallest absolute Gasteiger partial charge is 0.273 e. The lowest BCUT2D eigenvalue weighted by Crippen LogP contribution is -2.47. The predicted octanol–water partition coefficient (Wildman–Crippen LogP) is 2.77. The summed E-state index contributed by atoms with van der Waals surface area (Å²) >= 11 is 1.30. The number of benzene rings is 1. The molecule has 2 heterocycles. The number of carbonyl (C=O) groups excluding carboxylic acids is 1. The van der Waals surface area contributed by atoms with Gasteiger partial charge < -0.3 is 10.2 Å². The number of carbonyl (C=O) groups is 1. The maximum Gasteiger partial charge on any atom is 0.273 e. The van der Waals surface area contributed by atoms with Crippen LogP contribution in [0.25, 0.3) is 10.6 Å². The zero-order valence-corrected chi connectivity index (χ0v) is 13.2. The van der Waals surface area contributed by atoms with Crippen molar-refractivity contribution in [1.82, 2.24) is 15.2 Å². The summed E-state index contributed by atoms with van der Waals surface area (Å²) in [5.41, 5.74) is 0.846. The number of piperidine rings is 1. The fraction of sp³-hybridized carbons (Fsp3) is 0.375. The van der Waals surface area contributed by atoms with Crippen molar-refractivity contribution in [2.24, 2.45) is 0 Å². The van der Waals surface area contributed by atoms with Crippen LogP contribution in [0.5, 0.6) is 0 Å². The normalized spacial score (nSPS) is 18.5. The molecule has 0 spiro atoms. The number of hydrogen-bond donors (Lipinski definition) is 1. The second-order valence-corrected chi connectivity index (χ2v) is 6.25. The molecule has 3 rings (SSSR count). The Balaban J connectivity index is 1.79. The maximum atomic E-state index is 13.8. The van der Waals surface area contributed by atoms with E-state index in [-0.39, 0.29) is 11.7 Å². The van der Waals surface area contributed by atoms with E-state index in [2.05, 4.69) is 10.3 Å². The van der Waals surface area contributed by atoms with Gasteiger partial charge in [0.25, 0.3) is 5.91 Å². The van der Waals surface area contributed by atoms with E-state index in [1.54, 1.807) is 23.6 Å². The topological polar surface area (TPSA) is 45.2 Å². The molecule has 6 heteroatoms. The zero-order valence-electron chi connectivity index (χ0n) is 12.4. The van der Waals surface area contributed by atoms with Crippen LogP contribution in [0.2, 0.25) is 0 Å². The molecule has 0 radical (unpaired) electrons. The van der Waals surface area contributed by atoms with Crippen LogP contribution in [0.15, 0.2) is 29.6 Å². The Morgan fingerprint density at radius 1 is 1.45 bits per heavy atom. The van der Waals surface area contributed by atoms with Crippen LogP contribution in [0.4, 0.5) is 4.39 Å². The van der Waals surface area contributed by atoms with Gasteiger partial charge in [0.05, 0.1) is 0 Å². The number of likely N-dealkylation sites (N-methyl/N-ethyl adjacent to an activating group) is 1. The highest BCUT2D eigenvalue weighted by Gasteiger charge is 2.25. The summed E-state index contributed by atoms with van der Waals surface area (Å²) < 4.78 is 13.8. The molecule has 1 aromatic carbocycles. The molecular weight excluding hydrogens is 301 g/mol. The van der Waals surface area contributed by atoms with E-state index in [0.29, 0.717) is 28.9 Å². The lowest BCUT2D eigenvalue weighted by Gasteiger charge is -2.32. The maximum absolute atomic E-state index is 13.8. The van der Waals surface area contributed by atoms with Gasteiger partial charge in [0, 0.05) is 30.1 Å². The molecule has 1 aliphatic heterocycles. The lowest BCUT2D eigenvalue weighted by atomic mass is 10.1. The Morgan fingerprint density at radius 2 is 2.27 bits per heavy atom. The van der Waals surface area contributed by atoms with Gasteiger partial charge in [0.2, 0.25) is 0 Å². The Labute approximate surface area is 133 Å². The lowest BCUT2D eigenvalue weighted by molar-refractivity contribution is 0.0693. The highest BCUT2D eigenvalue weighted by Crippen LogP contribution is 2.27. The standard InChI is InChI=1S/C16H18FN3OS/c1-18-11-5-4-8-20(9-11)16(21)14-10-22-15(19-14)12-6-2-3-7-13(12)17/h2-3,6-7,10-11,18H,4-5,8-9H2,1H3/t11-/m0/s1. The number of hydrogen-bond acceptors (Lipinski definition) is 4. The summed E-state index contributed by atoms with van der Waals surface area (Å²) in [6.07, 6.45) is 2.07. The van der Waals surface area contributed by atoms with E-state index in [1.165, 1.54) is 17.4 Å². The van der Waals surface area contributed by atoms with Gasteiger partial charge in [-0.25, -0.2) is 9.37 Å². The van der Waals surface area contributed by atoms with E-state index in [0.717, 1.165) is 19.4 Å². The Morgan fingerprint density at radius 3 is 3.05 bits per heavy atom. The molecule has 0 saturated carbocycles. The summed E-state index contributed by atoms with van der Waals surface area (Å²) in [6, 6.07) is 6.83. The number of nitrogens with zero attached hydrogens (tertiary/aromatic N) is 2. The minimum atomic E-state index is -0.316. The molecule has 116 valence electrons. The number of halogens is 1. The molecule has 22 heavy (non-hydrogen) atoms.